The molecule has 0 spiro atoms. The van der Waals surface area contributed by atoms with Crippen molar-refractivity contribution in [2.45, 2.75) is 25.4 Å². The Balaban J connectivity index is 1.37. The number of aromatic nitrogens is 2. The Morgan fingerprint density at radius 2 is 2.29 bits per heavy atom. The molecule has 0 unspecified atom stereocenters. The van der Waals surface area contributed by atoms with E-state index in [0.29, 0.717) is 31.0 Å². The lowest BCUT2D eigenvalue weighted by atomic mass is 10.1. The number of thiazole rings is 1. The average Bonchev–Trinajstić information content (AvgIpc) is 3.33. The second-order valence-corrected chi connectivity index (χ2v) is 6.76. The fourth-order valence-corrected chi connectivity index (χ4v) is 3.80. The predicted molar refractivity (Wildman–Crippen MR) is 90.1 cm³/mol. The van der Waals surface area contributed by atoms with Crippen LogP contribution in [0, 0.1) is 0 Å². The van der Waals surface area contributed by atoms with Crippen molar-refractivity contribution in [3.05, 3.63) is 47.1 Å². The van der Waals surface area contributed by atoms with Gasteiger partial charge in [-0.1, -0.05) is 12.1 Å². The summed E-state index contributed by atoms with van der Waals surface area (Å²) in [6.45, 7) is 1.21. The van der Waals surface area contributed by atoms with E-state index in [9.17, 15) is 4.79 Å². The van der Waals surface area contributed by atoms with Gasteiger partial charge >= 0.3 is 0 Å². The first-order valence-electron chi connectivity index (χ1n) is 7.99. The number of oxazole rings is 1. The number of nitrogens with one attached hydrogen (secondary N) is 1. The molecule has 6 nitrogen and oxygen atoms in total. The van der Waals surface area contributed by atoms with Crippen LogP contribution in [0.4, 0.5) is 0 Å². The molecule has 0 bridgehead atoms. The highest BCUT2D eigenvalue weighted by Gasteiger charge is 2.27. The van der Waals surface area contributed by atoms with E-state index in [1.165, 1.54) is 6.39 Å². The van der Waals surface area contributed by atoms with E-state index in [1.54, 1.807) is 11.3 Å². The second-order valence-electron chi connectivity index (χ2n) is 5.65. The summed E-state index contributed by atoms with van der Waals surface area (Å²) in [6, 6.07) is 8.03. The van der Waals surface area contributed by atoms with Crippen LogP contribution in [0.25, 0.3) is 10.2 Å². The zero-order chi connectivity index (χ0) is 16.4. The van der Waals surface area contributed by atoms with Gasteiger partial charge in [-0.25, -0.2) is 9.97 Å². The van der Waals surface area contributed by atoms with E-state index in [4.69, 9.17) is 9.15 Å². The van der Waals surface area contributed by atoms with Gasteiger partial charge in [0.05, 0.1) is 15.2 Å². The summed E-state index contributed by atoms with van der Waals surface area (Å²) in [6.07, 6.45) is 3.68. The van der Waals surface area contributed by atoms with E-state index < -0.39 is 0 Å². The number of ether oxygens (including phenoxy) is 1. The molecule has 24 heavy (non-hydrogen) atoms. The Bertz CT molecular complexity index is 819. The Hall–Kier alpha value is -2.25. The van der Waals surface area contributed by atoms with Gasteiger partial charge in [-0.05, 0) is 25.0 Å². The summed E-state index contributed by atoms with van der Waals surface area (Å²) in [5.41, 5.74) is 1.33. The normalized spacial score (nSPS) is 17.4. The minimum Gasteiger partial charge on any atom is -0.445 e. The van der Waals surface area contributed by atoms with E-state index in [2.05, 4.69) is 21.4 Å². The number of benzene rings is 1. The van der Waals surface area contributed by atoms with Crippen molar-refractivity contribution in [1.29, 1.82) is 0 Å². The topological polar surface area (TPSA) is 77.3 Å². The van der Waals surface area contributed by atoms with Gasteiger partial charge < -0.3 is 14.5 Å². The first-order chi connectivity index (χ1) is 11.8. The van der Waals surface area contributed by atoms with Crippen LogP contribution >= 0.6 is 11.3 Å². The number of rotatable bonds is 5. The molecular formula is C17H17N3O3S. The maximum Gasteiger partial charge on any atom is 0.273 e. The quantitative estimate of drug-likeness (QED) is 0.770. The van der Waals surface area contributed by atoms with Gasteiger partial charge in [-0.2, -0.15) is 0 Å². The summed E-state index contributed by atoms with van der Waals surface area (Å²) in [4.78, 5) is 21.0. The third-order valence-electron chi connectivity index (χ3n) is 3.99. The smallest absolute Gasteiger partial charge is 0.273 e. The third-order valence-corrected chi connectivity index (χ3v) is 5.09. The molecule has 3 aromatic rings. The first kappa shape index (κ1) is 15.3. The van der Waals surface area contributed by atoms with E-state index in [0.717, 1.165) is 28.1 Å². The molecule has 1 atom stereocenters. The molecule has 1 amide bonds. The van der Waals surface area contributed by atoms with Crippen molar-refractivity contribution in [2.75, 3.05) is 13.2 Å². The lowest BCUT2D eigenvalue weighted by Crippen LogP contribution is -2.27. The predicted octanol–water partition coefficient (Wildman–Crippen LogP) is 3.11. The Labute approximate surface area is 142 Å². The van der Waals surface area contributed by atoms with Crippen LogP contribution in [0.5, 0.6) is 0 Å². The van der Waals surface area contributed by atoms with Gasteiger partial charge in [0.2, 0.25) is 0 Å². The number of fused-ring (bicyclic) bond motifs is 1. The third kappa shape index (κ3) is 3.05. The molecule has 7 heteroatoms. The van der Waals surface area contributed by atoms with Crippen molar-refractivity contribution in [3.63, 3.8) is 0 Å². The highest BCUT2D eigenvalue weighted by molar-refractivity contribution is 7.18. The monoisotopic (exact) mass is 343 g/mol. The minimum absolute atomic E-state index is 0.155. The van der Waals surface area contributed by atoms with Gasteiger partial charge in [-0.3, -0.25) is 4.79 Å². The number of carbonyl (C=O) groups is 1. The van der Waals surface area contributed by atoms with Crippen molar-refractivity contribution < 1.29 is 13.9 Å². The minimum atomic E-state index is -0.227. The molecule has 0 radical (unpaired) electrons. The average molecular weight is 343 g/mol. The number of carbonyl (C=O) groups excluding carboxylic acids is 1. The molecule has 124 valence electrons. The molecule has 1 aromatic carbocycles. The fourth-order valence-electron chi connectivity index (χ4n) is 2.83. The van der Waals surface area contributed by atoms with Crippen LogP contribution in [0.2, 0.25) is 0 Å². The summed E-state index contributed by atoms with van der Waals surface area (Å²) in [5.74, 6) is 0.306. The Kier molecular flexibility index (Phi) is 4.27. The number of para-hydroxylation sites is 1. The molecule has 4 rings (SSSR count). The first-order valence-corrected chi connectivity index (χ1v) is 8.80. The van der Waals surface area contributed by atoms with Crippen molar-refractivity contribution in [1.82, 2.24) is 15.3 Å². The van der Waals surface area contributed by atoms with Gasteiger partial charge in [0, 0.05) is 19.6 Å². The van der Waals surface area contributed by atoms with Gasteiger partial charge in [0.1, 0.15) is 6.10 Å². The fraction of sp³-hybridized carbons (Fsp3) is 0.353. The maximum atomic E-state index is 12.3. The molecule has 1 aliphatic rings. The Morgan fingerprint density at radius 1 is 1.38 bits per heavy atom. The highest BCUT2D eigenvalue weighted by atomic mass is 32.1. The summed E-state index contributed by atoms with van der Waals surface area (Å²) < 4.78 is 12.1. The number of hydrogen-bond acceptors (Lipinski definition) is 6. The summed E-state index contributed by atoms with van der Waals surface area (Å²) in [7, 11) is 0. The maximum absolute atomic E-state index is 12.3. The van der Waals surface area contributed by atoms with E-state index in [-0.39, 0.29) is 12.0 Å². The van der Waals surface area contributed by atoms with Crippen molar-refractivity contribution in [2.24, 2.45) is 0 Å². The van der Waals surface area contributed by atoms with Crippen LogP contribution in [-0.2, 0) is 11.2 Å². The summed E-state index contributed by atoms with van der Waals surface area (Å²) >= 11 is 1.65. The van der Waals surface area contributed by atoms with Crippen LogP contribution in [0.1, 0.15) is 40.2 Å². The van der Waals surface area contributed by atoms with Gasteiger partial charge in [-0.15, -0.1) is 11.3 Å². The zero-order valence-electron chi connectivity index (χ0n) is 13.0. The largest absolute Gasteiger partial charge is 0.445 e. The second kappa shape index (κ2) is 6.70. The molecule has 1 aliphatic heterocycles. The molecule has 2 aromatic heterocycles. The molecule has 3 heterocycles. The number of nitrogens with zero attached hydrogens (tertiary/aromatic N) is 2. The Morgan fingerprint density at radius 3 is 3.12 bits per heavy atom. The molecule has 1 fully saturated rings. The molecular weight excluding hydrogens is 326 g/mol. The highest BCUT2D eigenvalue weighted by Crippen LogP contribution is 2.30. The lowest BCUT2D eigenvalue weighted by Gasteiger charge is -2.08. The standard InChI is InChI=1S/C17H17N3O3S/c21-17(15-16(23-10-19-15)12-5-3-9-22-12)18-8-7-14-20-11-4-1-2-6-13(11)24-14/h1-2,4,6,10,12H,3,5,7-9H2,(H,18,21)/t12-/m1/s1. The van der Waals surface area contributed by atoms with Crippen LogP contribution in [-0.4, -0.2) is 29.0 Å². The number of amides is 1. The lowest BCUT2D eigenvalue weighted by molar-refractivity contribution is 0.0862. The summed E-state index contributed by atoms with van der Waals surface area (Å²) in [5, 5.41) is 3.90. The van der Waals surface area contributed by atoms with Gasteiger partial charge in [0.25, 0.3) is 5.91 Å². The molecule has 1 saturated heterocycles. The van der Waals surface area contributed by atoms with Gasteiger partial charge in [0.15, 0.2) is 17.8 Å². The van der Waals surface area contributed by atoms with E-state index >= 15 is 0 Å². The van der Waals surface area contributed by atoms with Crippen LogP contribution < -0.4 is 5.32 Å². The van der Waals surface area contributed by atoms with Crippen LogP contribution in [0.3, 0.4) is 0 Å². The van der Waals surface area contributed by atoms with Crippen molar-refractivity contribution in [3.8, 4) is 0 Å². The van der Waals surface area contributed by atoms with Crippen LogP contribution in [0.15, 0.2) is 35.1 Å². The number of hydrogen-bond donors (Lipinski definition) is 1. The van der Waals surface area contributed by atoms with E-state index in [1.807, 2.05) is 18.2 Å². The SMILES string of the molecule is O=C(NCCc1nc2ccccc2s1)c1ncoc1[C@H]1CCCO1. The van der Waals surface area contributed by atoms with Crippen molar-refractivity contribution >= 4 is 27.5 Å². The zero-order valence-corrected chi connectivity index (χ0v) is 13.8. The molecule has 1 N–H and O–H groups in total. The molecule has 0 aliphatic carbocycles. The molecule has 0 saturated carbocycles.